The van der Waals surface area contributed by atoms with E-state index in [1.54, 1.807) is 23.5 Å². The van der Waals surface area contributed by atoms with Crippen molar-refractivity contribution in [3.05, 3.63) is 51.7 Å². The van der Waals surface area contributed by atoms with E-state index in [0.29, 0.717) is 4.90 Å². The third-order valence-corrected chi connectivity index (χ3v) is 5.76. The first-order valence-corrected chi connectivity index (χ1v) is 9.48. The number of rotatable bonds is 6. The Morgan fingerprint density at radius 3 is 2.24 bits per heavy atom. The molecule has 0 radical (unpaired) electrons. The second-order valence-electron chi connectivity index (χ2n) is 4.99. The third kappa shape index (κ3) is 4.14. The summed E-state index contributed by atoms with van der Waals surface area (Å²) in [6, 6.07) is 11.1. The SMILES string of the molecule is CCc1ccc(CC(NN)c2ccc(S(C)(=O)=O)cc2)s1. The van der Waals surface area contributed by atoms with Gasteiger partial charge >= 0.3 is 0 Å². The van der Waals surface area contributed by atoms with Crippen LogP contribution >= 0.6 is 11.3 Å². The number of thiophene rings is 1. The topological polar surface area (TPSA) is 72.2 Å². The van der Waals surface area contributed by atoms with Gasteiger partial charge in [-0.05, 0) is 36.2 Å². The van der Waals surface area contributed by atoms with Gasteiger partial charge in [0.25, 0.3) is 0 Å². The van der Waals surface area contributed by atoms with Crippen molar-refractivity contribution >= 4 is 21.2 Å². The Morgan fingerprint density at radius 1 is 1.14 bits per heavy atom. The van der Waals surface area contributed by atoms with Crippen molar-refractivity contribution in [1.82, 2.24) is 5.43 Å². The van der Waals surface area contributed by atoms with Gasteiger partial charge in [0.2, 0.25) is 0 Å². The van der Waals surface area contributed by atoms with E-state index < -0.39 is 9.84 Å². The zero-order chi connectivity index (χ0) is 15.5. The van der Waals surface area contributed by atoms with E-state index in [9.17, 15) is 8.42 Å². The van der Waals surface area contributed by atoms with E-state index in [2.05, 4.69) is 24.5 Å². The summed E-state index contributed by atoms with van der Waals surface area (Å²) in [5, 5.41) is 0. The van der Waals surface area contributed by atoms with E-state index >= 15 is 0 Å². The summed E-state index contributed by atoms with van der Waals surface area (Å²) in [4.78, 5) is 2.95. The largest absolute Gasteiger partial charge is 0.271 e. The highest BCUT2D eigenvalue weighted by Crippen LogP contribution is 2.24. The molecule has 114 valence electrons. The van der Waals surface area contributed by atoms with Gasteiger partial charge < -0.3 is 0 Å². The minimum Gasteiger partial charge on any atom is -0.271 e. The Hall–Kier alpha value is -1.21. The Bertz CT molecular complexity index is 691. The van der Waals surface area contributed by atoms with E-state index in [-0.39, 0.29) is 6.04 Å². The molecule has 0 fully saturated rings. The lowest BCUT2D eigenvalue weighted by molar-refractivity contribution is 0.555. The first kappa shape index (κ1) is 16.2. The summed E-state index contributed by atoms with van der Waals surface area (Å²) < 4.78 is 22.9. The van der Waals surface area contributed by atoms with Crippen LogP contribution < -0.4 is 11.3 Å². The van der Waals surface area contributed by atoms with Crippen LogP contribution in [-0.2, 0) is 22.7 Å². The van der Waals surface area contributed by atoms with Gasteiger partial charge in [-0.25, -0.2) is 8.42 Å². The molecule has 4 nitrogen and oxygen atoms in total. The first-order chi connectivity index (χ1) is 9.94. The van der Waals surface area contributed by atoms with Crippen LogP contribution in [0.15, 0.2) is 41.3 Å². The molecule has 0 bridgehead atoms. The van der Waals surface area contributed by atoms with Crippen LogP contribution in [0.3, 0.4) is 0 Å². The molecule has 0 saturated heterocycles. The zero-order valence-electron chi connectivity index (χ0n) is 12.2. The molecule has 21 heavy (non-hydrogen) atoms. The van der Waals surface area contributed by atoms with Gasteiger partial charge in [-0.2, -0.15) is 0 Å². The molecule has 3 N–H and O–H groups in total. The summed E-state index contributed by atoms with van der Waals surface area (Å²) in [5.41, 5.74) is 3.79. The van der Waals surface area contributed by atoms with E-state index in [0.717, 1.165) is 18.4 Å². The van der Waals surface area contributed by atoms with Crippen LogP contribution in [0.25, 0.3) is 0 Å². The molecular weight excluding hydrogens is 304 g/mol. The van der Waals surface area contributed by atoms with Crippen LogP contribution in [0, 0.1) is 0 Å². The number of hydrogen-bond acceptors (Lipinski definition) is 5. The summed E-state index contributed by atoms with van der Waals surface area (Å²) in [7, 11) is -3.16. The lowest BCUT2D eigenvalue weighted by atomic mass is 10.0. The molecule has 2 aromatic rings. The van der Waals surface area contributed by atoms with Crippen LogP contribution in [0.5, 0.6) is 0 Å². The number of benzene rings is 1. The van der Waals surface area contributed by atoms with E-state index in [4.69, 9.17) is 5.84 Å². The zero-order valence-corrected chi connectivity index (χ0v) is 13.8. The maximum atomic E-state index is 11.5. The van der Waals surface area contributed by atoms with Crippen molar-refractivity contribution in [2.24, 2.45) is 5.84 Å². The number of hydrogen-bond donors (Lipinski definition) is 2. The lowest BCUT2D eigenvalue weighted by Crippen LogP contribution is -2.29. The van der Waals surface area contributed by atoms with Crippen molar-refractivity contribution < 1.29 is 8.42 Å². The molecule has 0 aliphatic heterocycles. The van der Waals surface area contributed by atoms with E-state index in [1.165, 1.54) is 16.0 Å². The monoisotopic (exact) mass is 324 g/mol. The minimum atomic E-state index is -3.16. The van der Waals surface area contributed by atoms with Gasteiger partial charge in [0.05, 0.1) is 10.9 Å². The molecule has 0 saturated carbocycles. The van der Waals surface area contributed by atoms with Crippen LogP contribution in [0.1, 0.15) is 28.3 Å². The standard InChI is InChI=1S/C15H20N2O2S2/c1-3-12-6-7-13(20-12)10-15(17-16)11-4-8-14(9-5-11)21(2,18)19/h4-9,15,17H,3,10,16H2,1-2H3. The normalized spacial score (nSPS) is 13.3. The Morgan fingerprint density at radius 2 is 1.76 bits per heavy atom. The maximum Gasteiger partial charge on any atom is 0.175 e. The average molecular weight is 324 g/mol. The fourth-order valence-corrected chi connectivity index (χ4v) is 3.78. The van der Waals surface area contributed by atoms with Gasteiger partial charge in [0, 0.05) is 22.4 Å². The molecule has 6 heteroatoms. The molecular formula is C15H20N2O2S2. The second-order valence-corrected chi connectivity index (χ2v) is 8.25. The Balaban J connectivity index is 2.17. The van der Waals surface area contributed by atoms with Gasteiger partial charge in [-0.1, -0.05) is 19.1 Å². The predicted octanol–water partition coefficient (Wildman–Crippen LogP) is 2.46. The molecule has 0 aliphatic carbocycles. The van der Waals surface area contributed by atoms with Crippen LogP contribution in [0.4, 0.5) is 0 Å². The molecule has 1 unspecified atom stereocenters. The molecule has 1 atom stereocenters. The summed E-state index contributed by atoms with van der Waals surface area (Å²) >= 11 is 1.79. The summed E-state index contributed by atoms with van der Waals surface area (Å²) in [6.07, 6.45) is 3.03. The van der Waals surface area contributed by atoms with Crippen molar-refractivity contribution in [2.45, 2.75) is 30.7 Å². The number of sulfone groups is 1. The highest BCUT2D eigenvalue weighted by Gasteiger charge is 2.13. The molecule has 0 spiro atoms. The van der Waals surface area contributed by atoms with E-state index in [1.807, 2.05) is 12.1 Å². The number of nitrogens with one attached hydrogen (secondary N) is 1. The first-order valence-electron chi connectivity index (χ1n) is 6.77. The van der Waals surface area contributed by atoms with Gasteiger partial charge in [-0.3, -0.25) is 11.3 Å². The predicted molar refractivity (Wildman–Crippen MR) is 87.0 cm³/mol. The van der Waals surface area contributed by atoms with Gasteiger partial charge in [0.1, 0.15) is 0 Å². The number of nitrogens with two attached hydrogens (primary N) is 1. The summed E-state index contributed by atoms with van der Waals surface area (Å²) in [5.74, 6) is 5.65. The van der Waals surface area contributed by atoms with Crippen molar-refractivity contribution in [1.29, 1.82) is 0 Å². The maximum absolute atomic E-state index is 11.5. The second kappa shape index (κ2) is 6.70. The van der Waals surface area contributed by atoms with Crippen molar-refractivity contribution in [2.75, 3.05) is 6.26 Å². The number of hydrazine groups is 1. The lowest BCUT2D eigenvalue weighted by Gasteiger charge is -2.15. The van der Waals surface area contributed by atoms with Crippen LogP contribution in [0.2, 0.25) is 0 Å². The van der Waals surface area contributed by atoms with Crippen LogP contribution in [-0.4, -0.2) is 14.7 Å². The minimum absolute atomic E-state index is 0.0260. The van der Waals surface area contributed by atoms with Crippen molar-refractivity contribution in [3.63, 3.8) is 0 Å². The highest BCUT2D eigenvalue weighted by molar-refractivity contribution is 7.90. The smallest absolute Gasteiger partial charge is 0.175 e. The molecule has 0 aliphatic rings. The van der Waals surface area contributed by atoms with Gasteiger partial charge in [-0.15, -0.1) is 11.3 Å². The molecule has 1 heterocycles. The molecule has 1 aromatic carbocycles. The quantitative estimate of drug-likeness (QED) is 0.632. The fraction of sp³-hybridized carbons (Fsp3) is 0.333. The summed E-state index contributed by atoms with van der Waals surface area (Å²) in [6.45, 7) is 2.14. The Labute approximate surface area is 129 Å². The third-order valence-electron chi connectivity index (χ3n) is 3.38. The molecule has 1 aromatic heterocycles. The molecule has 2 rings (SSSR count). The fourth-order valence-electron chi connectivity index (χ4n) is 2.14. The molecule has 0 amide bonds. The Kier molecular flexibility index (Phi) is 5.16. The van der Waals surface area contributed by atoms with Gasteiger partial charge in [0.15, 0.2) is 9.84 Å². The average Bonchev–Trinajstić information content (AvgIpc) is 2.92. The number of aryl methyl sites for hydroxylation is 1. The highest BCUT2D eigenvalue weighted by atomic mass is 32.2. The van der Waals surface area contributed by atoms with Crippen molar-refractivity contribution in [3.8, 4) is 0 Å².